The van der Waals surface area contributed by atoms with E-state index in [-0.39, 0.29) is 30.1 Å². The minimum Gasteiger partial charge on any atom is -0.494 e. The first-order valence-corrected chi connectivity index (χ1v) is 8.61. The van der Waals surface area contributed by atoms with Gasteiger partial charge in [-0.15, -0.1) is 12.4 Å². The van der Waals surface area contributed by atoms with Crippen LogP contribution < -0.4 is 21.1 Å². The van der Waals surface area contributed by atoms with Gasteiger partial charge in [-0.25, -0.2) is 0 Å². The van der Waals surface area contributed by atoms with E-state index in [0.29, 0.717) is 23.5 Å². The molecule has 6 nitrogen and oxygen atoms in total. The standard InChI is InChI=1S/C20H25N3O3.ClH/c1-4-26-17-11-9-16(10-12-17)22-19(24)14-5-7-15(8-6-14)23-20(25)18(21)13(2)3;/h5-13,18H,4,21H2,1-3H3,(H,22,24)(H,23,25);1H/t18-;/m0./s1. The zero-order valence-corrected chi connectivity index (χ0v) is 16.5. The second-order valence-corrected chi connectivity index (χ2v) is 6.25. The molecule has 0 radical (unpaired) electrons. The van der Waals surface area contributed by atoms with Crippen LogP contribution in [0.15, 0.2) is 48.5 Å². The van der Waals surface area contributed by atoms with Crippen molar-refractivity contribution < 1.29 is 14.3 Å². The van der Waals surface area contributed by atoms with E-state index >= 15 is 0 Å². The molecule has 0 spiro atoms. The summed E-state index contributed by atoms with van der Waals surface area (Å²) in [5.74, 6) is 0.330. The van der Waals surface area contributed by atoms with Crippen LogP contribution in [0.4, 0.5) is 11.4 Å². The fraction of sp³-hybridized carbons (Fsp3) is 0.300. The van der Waals surface area contributed by atoms with E-state index in [0.717, 1.165) is 5.75 Å². The Labute approximate surface area is 165 Å². The third kappa shape index (κ3) is 6.58. The van der Waals surface area contributed by atoms with Crippen molar-refractivity contribution in [1.29, 1.82) is 0 Å². The van der Waals surface area contributed by atoms with Crippen LogP contribution in [0.5, 0.6) is 5.75 Å². The Kier molecular flexibility index (Phi) is 8.78. The first-order valence-electron chi connectivity index (χ1n) is 8.61. The van der Waals surface area contributed by atoms with Gasteiger partial charge in [0.25, 0.3) is 5.91 Å². The number of rotatable bonds is 7. The van der Waals surface area contributed by atoms with Crippen LogP contribution in [0.25, 0.3) is 0 Å². The number of anilines is 2. The molecule has 0 unspecified atom stereocenters. The maximum atomic E-state index is 12.3. The van der Waals surface area contributed by atoms with Gasteiger partial charge in [0.05, 0.1) is 12.6 Å². The number of hydrogen-bond donors (Lipinski definition) is 3. The third-order valence-corrected chi connectivity index (χ3v) is 3.86. The smallest absolute Gasteiger partial charge is 0.255 e. The molecule has 2 amide bonds. The maximum absolute atomic E-state index is 12.3. The molecule has 0 saturated heterocycles. The monoisotopic (exact) mass is 391 g/mol. The number of halogens is 1. The minimum atomic E-state index is -0.572. The highest BCUT2D eigenvalue weighted by molar-refractivity contribution is 6.04. The summed E-state index contributed by atoms with van der Waals surface area (Å²) in [5.41, 5.74) is 7.59. The minimum absolute atomic E-state index is 0. The highest BCUT2D eigenvalue weighted by Crippen LogP contribution is 2.17. The normalized spacial score (nSPS) is 11.3. The van der Waals surface area contributed by atoms with Crippen LogP contribution in [0.1, 0.15) is 31.1 Å². The van der Waals surface area contributed by atoms with Crippen LogP contribution in [-0.4, -0.2) is 24.5 Å². The van der Waals surface area contributed by atoms with E-state index in [1.807, 2.05) is 20.8 Å². The molecule has 4 N–H and O–H groups in total. The number of carbonyl (C=O) groups is 2. The Morgan fingerprint density at radius 2 is 1.48 bits per heavy atom. The maximum Gasteiger partial charge on any atom is 0.255 e. The van der Waals surface area contributed by atoms with E-state index in [9.17, 15) is 9.59 Å². The van der Waals surface area contributed by atoms with E-state index in [1.165, 1.54) is 0 Å². The van der Waals surface area contributed by atoms with Gasteiger partial charge in [0.1, 0.15) is 5.75 Å². The lowest BCUT2D eigenvalue weighted by atomic mass is 10.0. The van der Waals surface area contributed by atoms with Crippen molar-refractivity contribution in [3.8, 4) is 5.75 Å². The largest absolute Gasteiger partial charge is 0.494 e. The van der Waals surface area contributed by atoms with E-state index in [2.05, 4.69) is 10.6 Å². The number of hydrogen-bond acceptors (Lipinski definition) is 4. The summed E-state index contributed by atoms with van der Waals surface area (Å²) in [4.78, 5) is 24.3. The van der Waals surface area contributed by atoms with Gasteiger partial charge in [-0.1, -0.05) is 13.8 Å². The first kappa shape index (κ1) is 22.5. The molecular weight excluding hydrogens is 366 g/mol. The number of carbonyl (C=O) groups excluding carboxylic acids is 2. The van der Waals surface area contributed by atoms with Crippen molar-refractivity contribution in [1.82, 2.24) is 0 Å². The van der Waals surface area contributed by atoms with Crippen LogP contribution in [-0.2, 0) is 4.79 Å². The number of amides is 2. The van der Waals surface area contributed by atoms with Crippen molar-refractivity contribution in [3.63, 3.8) is 0 Å². The lowest BCUT2D eigenvalue weighted by Gasteiger charge is -2.15. The molecule has 146 valence electrons. The third-order valence-electron chi connectivity index (χ3n) is 3.86. The Hall–Kier alpha value is -2.57. The van der Waals surface area contributed by atoms with Gasteiger partial charge in [0.15, 0.2) is 0 Å². The summed E-state index contributed by atoms with van der Waals surface area (Å²) in [5, 5.41) is 5.57. The molecule has 0 aliphatic heterocycles. The SMILES string of the molecule is CCOc1ccc(NC(=O)c2ccc(NC(=O)[C@@H](N)C(C)C)cc2)cc1.Cl. The molecule has 0 heterocycles. The highest BCUT2D eigenvalue weighted by Gasteiger charge is 2.17. The molecule has 0 aliphatic rings. The average Bonchev–Trinajstić information content (AvgIpc) is 2.63. The van der Waals surface area contributed by atoms with E-state index in [1.54, 1.807) is 48.5 Å². The Morgan fingerprint density at radius 3 is 2.00 bits per heavy atom. The first-order chi connectivity index (χ1) is 12.4. The average molecular weight is 392 g/mol. The van der Waals surface area contributed by atoms with Crippen molar-refractivity contribution in [2.45, 2.75) is 26.8 Å². The van der Waals surface area contributed by atoms with Gasteiger partial charge in [-0.2, -0.15) is 0 Å². The topological polar surface area (TPSA) is 93.5 Å². The Balaban J connectivity index is 0.00000364. The van der Waals surface area contributed by atoms with Crippen LogP contribution in [0.3, 0.4) is 0 Å². The van der Waals surface area contributed by atoms with Gasteiger partial charge >= 0.3 is 0 Å². The molecule has 27 heavy (non-hydrogen) atoms. The molecule has 2 aromatic rings. The molecule has 2 rings (SSSR count). The molecule has 2 aromatic carbocycles. The molecule has 0 fully saturated rings. The van der Waals surface area contributed by atoms with Gasteiger partial charge in [0, 0.05) is 16.9 Å². The number of ether oxygens (including phenoxy) is 1. The lowest BCUT2D eigenvalue weighted by molar-refractivity contribution is -0.118. The summed E-state index contributed by atoms with van der Waals surface area (Å²) < 4.78 is 5.37. The predicted octanol–water partition coefficient (Wildman–Crippen LogP) is 3.68. The summed E-state index contributed by atoms with van der Waals surface area (Å²) in [6.45, 7) is 6.28. The van der Waals surface area contributed by atoms with Gasteiger partial charge in [0.2, 0.25) is 5.91 Å². The number of benzene rings is 2. The van der Waals surface area contributed by atoms with Crippen molar-refractivity contribution in [3.05, 3.63) is 54.1 Å². The fourth-order valence-corrected chi connectivity index (χ4v) is 2.24. The number of nitrogens with one attached hydrogen (secondary N) is 2. The molecule has 0 bridgehead atoms. The van der Waals surface area contributed by atoms with Gasteiger partial charge in [-0.05, 0) is 61.4 Å². The summed E-state index contributed by atoms with van der Waals surface area (Å²) in [7, 11) is 0. The zero-order chi connectivity index (χ0) is 19.1. The summed E-state index contributed by atoms with van der Waals surface area (Å²) >= 11 is 0. The molecular formula is C20H26ClN3O3. The van der Waals surface area contributed by atoms with Crippen molar-refractivity contribution in [2.24, 2.45) is 11.7 Å². The van der Waals surface area contributed by atoms with E-state index in [4.69, 9.17) is 10.5 Å². The van der Waals surface area contributed by atoms with Crippen LogP contribution >= 0.6 is 12.4 Å². The zero-order valence-electron chi connectivity index (χ0n) is 15.7. The quantitative estimate of drug-likeness (QED) is 0.671. The van der Waals surface area contributed by atoms with Crippen molar-refractivity contribution >= 4 is 35.6 Å². The molecule has 0 saturated carbocycles. The second-order valence-electron chi connectivity index (χ2n) is 6.25. The van der Waals surface area contributed by atoms with Crippen LogP contribution in [0.2, 0.25) is 0 Å². The van der Waals surface area contributed by atoms with Gasteiger partial charge < -0.3 is 21.1 Å². The number of nitrogens with two attached hydrogens (primary N) is 1. The van der Waals surface area contributed by atoms with Crippen LogP contribution in [0, 0.1) is 5.92 Å². The molecule has 0 aromatic heterocycles. The lowest BCUT2D eigenvalue weighted by Crippen LogP contribution is -2.39. The highest BCUT2D eigenvalue weighted by atomic mass is 35.5. The Bertz CT molecular complexity index is 746. The molecule has 0 aliphatic carbocycles. The summed E-state index contributed by atoms with van der Waals surface area (Å²) in [6.07, 6.45) is 0. The Morgan fingerprint density at radius 1 is 0.963 bits per heavy atom. The molecule has 1 atom stereocenters. The summed E-state index contributed by atoms with van der Waals surface area (Å²) in [6, 6.07) is 13.3. The molecule has 7 heteroatoms. The fourth-order valence-electron chi connectivity index (χ4n) is 2.24. The van der Waals surface area contributed by atoms with Gasteiger partial charge in [-0.3, -0.25) is 9.59 Å². The van der Waals surface area contributed by atoms with Crippen molar-refractivity contribution in [2.75, 3.05) is 17.2 Å². The van der Waals surface area contributed by atoms with E-state index < -0.39 is 6.04 Å². The second kappa shape index (κ2) is 10.5. The predicted molar refractivity (Wildman–Crippen MR) is 111 cm³/mol.